The third-order valence-electron chi connectivity index (χ3n) is 3.97. The molecule has 1 aliphatic rings. The first-order valence-electron chi connectivity index (χ1n) is 6.67. The Bertz CT molecular complexity index is 590. The molecular weight excluding hydrogens is 276 g/mol. The topological polar surface area (TPSA) is 60.9 Å². The van der Waals surface area contributed by atoms with Gasteiger partial charge in [0, 0.05) is 27.2 Å². The van der Waals surface area contributed by atoms with Gasteiger partial charge in [-0.2, -0.15) is 0 Å². The van der Waals surface area contributed by atoms with Crippen LogP contribution in [-0.2, 0) is 10.0 Å². The van der Waals surface area contributed by atoms with Crippen molar-refractivity contribution in [3.8, 4) is 0 Å². The fraction of sp³-hybridized carbons (Fsp3) is 0.571. The van der Waals surface area contributed by atoms with Crippen LogP contribution in [0, 0.1) is 5.92 Å². The first kappa shape index (κ1) is 15.3. The molecule has 1 aliphatic heterocycles. The van der Waals surface area contributed by atoms with Crippen LogP contribution in [0.2, 0.25) is 0 Å². The molecule has 2 rings (SSSR count). The molecule has 0 atom stereocenters. The van der Waals surface area contributed by atoms with E-state index in [1.54, 1.807) is 18.2 Å². The summed E-state index contributed by atoms with van der Waals surface area (Å²) in [5.41, 5.74) is -0.0684. The lowest BCUT2D eigenvalue weighted by Gasteiger charge is -2.50. The molecule has 0 unspecified atom stereocenters. The van der Waals surface area contributed by atoms with Crippen LogP contribution in [0.15, 0.2) is 29.2 Å². The number of para-hydroxylation sites is 1. The van der Waals surface area contributed by atoms with E-state index >= 15 is 0 Å². The molecule has 0 bridgehead atoms. The standard InChI is InChI=1S/C14H22N2O3S/c1-11(2)14(17)9-16(10-14)12-7-5-6-8-13(12)20(18,19)15(3)4/h5-8,11,17H,9-10H2,1-4H3. The number of anilines is 1. The Hall–Kier alpha value is -1.11. The minimum absolute atomic E-state index is 0.149. The van der Waals surface area contributed by atoms with Gasteiger partial charge in [-0.15, -0.1) is 0 Å². The quantitative estimate of drug-likeness (QED) is 0.905. The molecule has 0 radical (unpaired) electrons. The average molecular weight is 298 g/mol. The van der Waals surface area contributed by atoms with Crippen LogP contribution >= 0.6 is 0 Å². The van der Waals surface area contributed by atoms with Crippen molar-refractivity contribution in [1.82, 2.24) is 4.31 Å². The monoisotopic (exact) mass is 298 g/mol. The van der Waals surface area contributed by atoms with E-state index in [1.807, 2.05) is 24.8 Å². The lowest BCUT2D eigenvalue weighted by molar-refractivity contribution is -0.0303. The van der Waals surface area contributed by atoms with Crippen LogP contribution in [0.4, 0.5) is 5.69 Å². The molecule has 1 heterocycles. The Morgan fingerprint density at radius 2 is 1.80 bits per heavy atom. The molecule has 0 aromatic heterocycles. The number of hydrogen-bond acceptors (Lipinski definition) is 4. The van der Waals surface area contributed by atoms with E-state index in [9.17, 15) is 13.5 Å². The van der Waals surface area contributed by atoms with Crippen molar-refractivity contribution >= 4 is 15.7 Å². The molecule has 20 heavy (non-hydrogen) atoms. The summed E-state index contributed by atoms with van der Waals surface area (Å²) < 4.78 is 25.9. The minimum atomic E-state index is -3.48. The van der Waals surface area contributed by atoms with Gasteiger partial charge in [-0.1, -0.05) is 26.0 Å². The number of rotatable bonds is 4. The molecule has 1 aromatic carbocycles. The van der Waals surface area contributed by atoms with Crippen molar-refractivity contribution in [2.75, 3.05) is 32.1 Å². The maximum absolute atomic E-state index is 12.3. The smallest absolute Gasteiger partial charge is 0.244 e. The molecule has 0 spiro atoms. The third kappa shape index (κ3) is 2.43. The average Bonchev–Trinajstić information content (AvgIpc) is 2.34. The minimum Gasteiger partial charge on any atom is -0.386 e. The first-order chi connectivity index (χ1) is 9.18. The molecule has 0 saturated carbocycles. The molecule has 5 nitrogen and oxygen atoms in total. The number of nitrogens with zero attached hydrogens (tertiary/aromatic N) is 2. The summed E-state index contributed by atoms with van der Waals surface area (Å²) in [7, 11) is -0.435. The summed E-state index contributed by atoms with van der Waals surface area (Å²) in [6.45, 7) is 4.87. The molecule has 1 fully saturated rings. The number of sulfonamides is 1. The molecule has 1 saturated heterocycles. The second kappa shape index (κ2) is 5.02. The van der Waals surface area contributed by atoms with Gasteiger partial charge in [-0.05, 0) is 18.1 Å². The Balaban J connectivity index is 2.33. The Morgan fingerprint density at radius 3 is 2.30 bits per heavy atom. The largest absolute Gasteiger partial charge is 0.386 e. The predicted molar refractivity (Wildman–Crippen MR) is 79.3 cm³/mol. The van der Waals surface area contributed by atoms with Gasteiger partial charge >= 0.3 is 0 Å². The Labute approximate surface area is 120 Å². The van der Waals surface area contributed by atoms with Gasteiger partial charge in [-0.25, -0.2) is 12.7 Å². The molecule has 1 aromatic rings. The van der Waals surface area contributed by atoms with Crippen molar-refractivity contribution in [2.45, 2.75) is 24.3 Å². The van der Waals surface area contributed by atoms with Gasteiger partial charge in [0.2, 0.25) is 10.0 Å². The SMILES string of the molecule is CC(C)C1(O)CN(c2ccccc2S(=O)(=O)N(C)C)C1. The second-order valence-electron chi connectivity index (χ2n) is 5.87. The maximum atomic E-state index is 12.3. The lowest BCUT2D eigenvalue weighted by atomic mass is 9.82. The fourth-order valence-electron chi connectivity index (χ4n) is 2.28. The van der Waals surface area contributed by atoms with Crippen molar-refractivity contribution in [3.63, 3.8) is 0 Å². The zero-order valence-corrected chi connectivity index (χ0v) is 13.2. The number of β-amino-alcohol motifs (C(OH)–C–C–N with tert-alkyl or cyclic N) is 1. The molecule has 1 N–H and O–H groups in total. The van der Waals surface area contributed by atoms with Crippen molar-refractivity contribution in [2.24, 2.45) is 5.92 Å². The summed E-state index contributed by atoms with van der Waals surface area (Å²) in [6, 6.07) is 6.93. The summed E-state index contributed by atoms with van der Waals surface area (Å²) in [6.07, 6.45) is 0. The normalized spacial score (nSPS) is 18.4. The second-order valence-corrected chi connectivity index (χ2v) is 7.99. The van der Waals surface area contributed by atoms with Crippen molar-refractivity contribution in [1.29, 1.82) is 0 Å². The maximum Gasteiger partial charge on any atom is 0.244 e. The van der Waals surface area contributed by atoms with Gasteiger partial charge in [0.15, 0.2) is 0 Å². The molecule has 0 aliphatic carbocycles. The number of hydrogen-bond donors (Lipinski definition) is 1. The van der Waals surface area contributed by atoms with Gasteiger partial charge < -0.3 is 10.0 Å². The van der Waals surface area contributed by atoms with E-state index in [4.69, 9.17) is 0 Å². The number of aliphatic hydroxyl groups is 1. The Morgan fingerprint density at radius 1 is 1.25 bits per heavy atom. The highest BCUT2D eigenvalue weighted by Gasteiger charge is 2.45. The van der Waals surface area contributed by atoms with Gasteiger partial charge in [-0.3, -0.25) is 0 Å². The predicted octanol–water partition coefficient (Wildman–Crippen LogP) is 1.14. The van der Waals surface area contributed by atoms with E-state index < -0.39 is 15.6 Å². The first-order valence-corrected chi connectivity index (χ1v) is 8.11. The van der Waals surface area contributed by atoms with Crippen molar-refractivity contribution in [3.05, 3.63) is 24.3 Å². The number of benzene rings is 1. The van der Waals surface area contributed by atoms with Crippen LogP contribution in [-0.4, -0.2) is 50.6 Å². The fourth-order valence-corrected chi connectivity index (χ4v) is 3.39. The van der Waals surface area contributed by atoms with Gasteiger partial charge in [0.25, 0.3) is 0 Å². The van der Waals surface area contributed by atoms with Gasteiger partial charge in [0.1, 0.15) is 10.5 Å². The van der Waals surface area contributed by atoms with E-state index in [-0.39, 0.29) is 10.8 Å². The van der Waals surface area contributed by atoms with Crippen LogP contribution in [0.5, 0.6) is 0 Å². The van der Waals surface area contributed by atoms with Crippen molar-refractivity contribution < 1.29 is 13.5 Å². The third-order valence-corrected chi connectivity index (χ3v) is 5.83. The summed E-state index contributed by atoms with van der Waals surface area (Å²) in [4.78, 5) is 2.20. The van der Waals surface area contributed by atoms with Crippen LogP contribution in [0.1, 0.15) is 13.8 Å². The summed E-state index contributed by atoms with van der Waals surface area (Å²) >= 11 is 0. The molecule has 112 valence electrons. The summed E-state index contributed by atoms with van der Waals surface area (Å²) in [5.74, 6) is 0.149. The Kier molecular flexibility index (Phi) is 3.83. The van der Waals surface area contributed by atoms with E-state index in [0.717, 1.165) is 0 Å². The zero-order chi connectivity index (χ0) is 15.1. The summed E-state index contributed by atoms with van der Waals surface area (Å²) in [5, 5.41) is 10.3. The highest BCUT2D eigenvalue weighted by atomic mass is 32.2. The molecular formula is C14H22N2O3S. The van der Waals surface area contributed by atoms with Gasteiger partial charge in [0.05, 0.1) is 5.69 Å². The van der Waals surface area contributed by atoms with Crippen LogP contribution < -0.4 is 4.90 Å². The van der Waals surface area contributed by atoms with E-state index in [2.05, 4.69) is 0 Å². The highest BCUT2D eigenvalue weighted by Crippen LogP contribution is 2.36. The zero-order valence-electron chi connectivity index (χ0n) is 12.4. The molecule has 6 heteroatoms. The lowest BCUT2D eigenvalue weighted by Crippen LogP contribution is -2.65. The highest BCUT2D eigenvalue weighted by molar-refractivity contribution is 7.89. The van der Waals surface area contributed by atoms with Crippen LogP contribution in [0.25, 0.3) is 0 Å². The van der Waals surface area contributed by atoms with E-state index in [0.29, 0.717) is 18.8 Å². The molecule has 0 amide bonds. The van der Waals surface area contributed by atoms with Crippen LogP contribution in [0.3, 0.4) is 0 Å². The van der Waals surface area contributed by atoms with E-state index in [1.165, 1.54) is 18.4 Å².